The van der Waals surface area contributed by atoms with Crippen LogP contribution in [0.5, 0.6) is 0 Å². The Labute approximate surface area is 154 Å². The minimum atomic E-state index is -3.60. The van der Waals surface area contributed by atoms with Crippen molar-refractivity contribution < 1.29 is 17.6 Å². The first-order valence-corrected chi connectivity index (χ1v) is 9.99. The first-order chi connectivity index (χ1) is 12.4. The minimum Gasteiger partial charge on any atom is -0.326 e. The predicted molar refractivity (Wildman–Crippen MR) is 100 cm³/mol. The van der Waals surface area contributed by atoms with Gasteiger partial charge < -0.3 is 5.32 Å². The Morgan fingerprint density at radius 2 is 1.77 bits per heavy atom. The molecule has 1 heterocycles. The van der Waals surface area contributed by atoms with Crippen molar-refractivity contribution in [1.29, 1.82) is 0 Å². The molecule has 0 fully saturated rings. The summed E-state index contributed by atoms with van der Waals surface area (Å²) < 4.78 is 40.2. The summed E-state index contributed by atoms with van der Waals surface area (Å²) in [5, 5.41) is 4.30. The Morgan fingerprint density at radius 1 is 1.00 bits per heavy atom. The number of carbonyl (C=O) groups excluding carboxylic acids is 1. The molecule has 1 amide bonds. The highest BCUT2D eigenvalue weighted by atomic mass is 32.2. The summed E-state index contributed by atoms with van der Waals surface area (Å²) in [5.41, 5.74) is 1.50. The zero-order valence-corrected chi connectivity index (χ0v) is 15.1. The molecule has 0 bridgehead atoms. The van der Waals surface area contributed by atoms with Crippen molar-refractivity contribution in [2.75, 3.05) is 10.0 Å². The molecule has 0 aliphatic heterocycles. The largest absolute Gasteiger partial charge is 0.326 e. The van der Waals surface area contributed by atoms with E-state index in [1.807, 2.05) is 0 Å². The second kappa shape index (κ2) is 7.67. The molecule has 1 aromatic heterocycles. The molecule has 0 unspecified atom stereocenters. The standard InChI is InChI=1S/C18H15FN2O3S2/c19-14-3-1-4-16(12-14)20-17(22)11-13-6-8-15(9-7-13)21-26(23,24)18-5-2-10-25-18/h1-10,12,21H,11H2,(H,20,22). The number of nitrogens with one attached hydrogen (secondary N) is 2. The van der Waals surface area contributed by atoms with Crippen molar-refractivity contribution in [1.82, 2.24) is 0 Å². The number of carbonyl (C=O) groups is 1. The fourth-order valence-electron chi connectivity index (χ4n) is 2.27. The van der Waals surface area contributed by atoms with E-state index in [1.165, 1.54) is 24.3 Å². The van der Waals surface area contributed by atoms with Gasteiger partial charge in [-0.25, -0.2) is 12.8 Å². The second-order valence-corrected chi connectivity index (χ2v) is 8.33. The molecule has 3 aromatic rings. The van der Waals surface area contributed by atoms with Gasteiger partial charge in [0.25, 0.3) is 10.0 Å². The third-order valence-electron chi connectivity index (χ3n) is 3.44. The van der Waals surface area contributed by atoms with Crippen LogP contribution >= 0.6 is 11.3 Å². The van der Waals surface area contributed by atoms with E-state index in [2.05, 4.69) is 10.0 Å². The monoisotopic (exact) mass is 390 g/mol. The average Bonchev–Trinajstić information content (AvgIpc) is 3.12. The Bertz CT molecular complexity index is 1000. The lowest BCUT2D eigenvalue weighted by Gasteiger charge is -2.08. The maximum atomic E-state index is 13.1. The third kappa shape index (κ3) is 4.68. The smallest absolute Gasteiger partial charge is 0.271 e. The van der Waals surface area contributed by atoms with E-state index < -0.39 is 15.8 Å². The average molecular weight is 390 g/mol. The lowest BCUT2D eigenvalue weighted by atomic mass is 10.1. The van der Waals surface area contributed by atoms with Gasteiger partial charge in [0.1, 0.15) is 10.0 Å². The second-order valence-electron chi connectivity index (χ2n) is 5.47. The maximum Gasteiger partial charge on any atom is 0.271 e. The lowest BCUT2D eigenvalue weighted by Crippen LogP contribution is -2.14. The molecule has 0 saturated heterocycles. The summed E-state index contributed by atoms with van der Waals surface area (Å²) >= 11 is 1.13. The van der Waals surface area contributed by atoms with Crippen LogP contribution in [0.1, 0.15) is 5.56 Å². The summed E-state index contributed by atoms with van der Waals surface area (Å²) in [6.07, 6.45) is 0.0917. The van der Waals surface area contributed by atoms with Crippen molar-refractivity contribution in [2.45, 2.75) is 10.6 Å². The van der Waals surface area contributed by atoms with Crippen LogP contribution in [0.3, 0.4) is 0 Å². The number of hydrogen-bond donors (Lipinski definition) is 2. The van der Waals surface area contributed by atoms with Gasteiger partial charge >= 0.3 is 0 Å². The molecule has 2 N–H and O–H groups in total. The van der Waals surface area contributed by atoms with Gasteiger partial charge in [-0.1, -0.05) is 24.3 Å². The minimum absolute atomic E-state index is 0.0917. The van der Waals surface area contributed by atoms with Gasteiger partial charge in [-0.15, -0.1) is 11.3 Å². The molecule has 0 atom stereocenters. The van der Waals surface area contributed by atoms with Gasteiger partial charge in [0, 0.05) is 11.4 Å². The van der Waals surface area contributed by atoms with E-state index in [0.29, 0.717) is 16.9 Å². The van der Waals surface area contributed by atoms with Crippen LogP contribution in [0, 0.1) is 5.82 Å². The van der Waals surface area contributed by atoms with Crippen LogP contribution in [0.25, 0.3) is 0 Å². The van der Waals surface area contributed by atoms with Crippen LogP contribution in [0.4, 0.5) is 15.8 Å². The number of sulfonamides is 1. The maximum absolute atomic E-state index is 13.1. The first-order valence-electron chi connectivity index (χ1n) is 7.63. The van der Waals surface area contributed by atoms with Crippen LogP contribution in [0.2, 0.25) is 0 Å². The number of hydrogen-bond acceptors (Lipinski definition) is 4. The summed E-state index contributed by atoms with van der Waals surface area (Å²) in [6, 6.07) is 15.4. The molecular formula is C18H15FN2O3S2. The molecule has 26 heavy (non-hydrogen) atoms. The molecule has 0 saturated carbocycles. The number of benzene rings is 2. The summed E-state index contributed by atoms with van der Waals surface area (Å²) in [7, 11) is -3.60. The van der Waals surface area contributed by atoms with E-state index in [9.17, 15) is 17.6 Å². The predicted octanol–water partition coefficient (Wildman–Crippen LogP) is 3.87. The Morgan fingerprint density at radius 3 is 2.42 bits per heavy atom. The topological polar surface area (TPSA) is 75.3 Å². The Hall–Kier alpha value is -2.71. The Balaban J connectivity index is 1.62. The molecule has 2 aromatic carbocycles. The number of halogens is 1. The quantitative estimate of drug-likeness (QED) is 0.671. The summed E-state index contributed by atoms with van der Waals surface area (Å²) in [5.74, 6) is -0.715. The third-order valence-corrected chi connectivity index (χ3v) is 6.22. The molecular weight excluding hydrogens is 375 g/mol. The molecule has 0 aliphatic carbocycles. The fourth-order valence-corrected chi connectivity index (χ4v) is 4.32. The van der Waals surface area contributed by atoms with E-state index in [-0.39, 0.29) is 16.5 Å². The zero-order valence-electron chi connectivity index (χ0n) is 13.5. The Kier molecular flexibility index (Phi) is 5.34. The van der Waals surface area contributed by atoms with E-state index in [1.54, 1.807) is 41.8 Å². The van der Waals surface area contributed by atoms with Gasteiger partial charge in [0.05, 0.1) is 6.42 Å². The van der Waals surface area contributed by atoms with Crippen LogP contribution < -0.4 is 10.0 Å². The van der Waals surface area contributed by atoms with Crippen LogP contribution in [0.15, 0.2) is 70.3 Å². The van der Waals surface area contributed by atoms with Gasteiger partial charge in [-0.3, -0.25) is 9.52 Å². The van der Waals surface area contributed by atoms with Gasteiger partial charge in [-0.2, -0.15) is 0 Å². The summed E-state index contributed by atoms with van der Waals surface area (Å²) in [6.45, 7) is 0. The lowest BCUT2D eigenvalue weighted by molar-refractivity contribution is -0.115. The highest BCUT2D eigenvalue weighted by Gasteiger charge is 2.15. The number of rotatable bonds is 6. The van der Waals surface area contributed by atoms with Crippen LogP contribution in [-0.4, -0.2) is 14.3 Å². The molecule has 3 rings (SSSR count). The number of anilines is 2. The number of thiophene rings is 1. The van der Waals surface area contributed by atoms with Crippen molar-refractivity contribution in [2.24, 2.45) is 0 Å². The molecule has 134 valence electrons. The molecule has 5 nitrogen and oxygen atoms in total. The molecule has 0 radical (unpaired) electrons. The normalized spacial score (nSPS) is 11.1. The molecule has 0 spiro atoms. The fraction of sp³-hybridized carbons (Fsp3) is 0.0556. The highest BCUT2D eigenvalue weighted by molar-refractivity contribution is 7.94. The van der Waals surface area contributed by atoms with E-state index >= 15 is 0 Å². The van der Waals surface area contributed by atoms with E-state index in [4.69, 9.17) is 0 Å². The highest BCUT2D eigenvalue weighted by Crippen LogP contribution is 2.20. The van der Waals surface area contributed by atoms with Gasteiger partial charge in [0.2, 0.25) is 5.91 Å². The van der Waals surface area contributed by atoms with Gasteiger partial charge in [-0.05, 0) is 47.3 Å². The van der Waals surface area contributed by atoms with Crippen molar-refractivity contribution >= 4 is 38.6 Å². The van der Waals surface area contributed by atoms with E-state index in [0.717, 1.165) is 11.3 Å². The zero-order chi connectivity index (χ0) is 18.6. The number of amides is 1. The van der Waals surface area contributed by atoms with Crippen molar-refractivity contribution in [3.05, 3.63) is 77.4 Å². The first kappa shape index (κ1) is 18.1. The van der Waals surface area contributed by atoms with Crippen molar-refractivity contribution in [3.8, 4) is 0 Å². The SMILES string of the molecule is O=C(Cc1ccc(NS(=O)(=O)c2cccs2)cc1)Nc1cccc(F)c1. The van der Waals surface area contributed by atoms with Crippen LogP contribution in [-0.2, 0) is 21.2 Å². The molecule has 0 aliphatic rings. The molecule has 8 heteroatoms. The van der Waals surface area contributed by atoms with Gasteiger partial charge in [0.15, 0.2) is 0 Å². The van der Waals surface area contributed by atoms with Crippen molar-refractivity contribution in [3.63, 3.8) is 0 Å². The summed E-state index contributed by atoms with van der Waals surface area (Å²) in [4.78, 5) is 12.0.